The number of nitrogens with one attached hydrogen (secondary N) is 1. The number of para-hydroxylation sites is 1. The minimum absolute atomic E-state index is 0.0147. The van der Waals surface area contributed by atoms with Crippen molar-refractivity contribution in [2.75, 3.05) is 0 Å². The quantitative estimate of drug-likeness (QED) is 0.522. The predicted molar refractivity (Wildman–Crippen MR) is 89.3 cm³/mol. The molecule has 6 heteroatoms. The van der Waals surface area contributed by atoms with Gasteiger partial charge in [-0.25, -0.2) is 5.43 Å². The number of nitro groups is 1. The number of amides is 1. The molecule has 2 aromatic carbocycles. The normalized spacial score (nSPS) is 11.0. The molecule has 0 atom stereocenters. The minimum Gasteiger partial charge on any atom is -0.267 e. The molecule has 6 nitrogen and oxygen atoms in total. The van der Waals surface area contributed by atoms with E-state index in [2.05, 4.69) is 10.5 Å². The van der Waals surface area contributed by atoms with Crippen LogP contribution in [0.1, 0.15) is 21.5 Å². The van der Waals surface area contributed by atoms with Crippen LogP contribution in [0.2, 0.25) is 0 Å². The van der Waals surface area contributed by atoms with Crippen LogP contribution in [0.25, 0.3) is 6.08 Å². The van der Waals surface area contributed by atoms with Gasteiger partial charge in [-0.15, -0.1) is 0 Å². The molecule has 0 heterocycles. The second kappa shape index (κ2) is 7.65. The molecule has 1 amide bonds. The van der Waals surface area contributed by atoms with Gasteiger partial charge < -0.3 is 0 Å². The van der Waals surface area contributed by atoms with Gasteiger partial charge in [-0.1, -0.05) is 29.8 Å². The van der Waals surface area contributed by atoms with E-state index < -0.39 is 4.92 Å². The first-order valence-corrected chi connectivity index (χ1v) is 6.88. The highest BCUT2D eigenvalue weighted by molar-refractivity contribution is 5.94. The highest BCUT2D eigenvalue weighted by Gasteiger charge is 2.08. The van der Waals surface area contributed by atoms with Crippen molar-refractivity contribution in [3.63, 3.8) is 0 Å². The zero-order valence-corrected chi connectivity index (χ0v) is 12.5. The fourth-order valence-corrected chi connectivity index (χ4v) is 1.85. The SMILES string of the molecule is Cc1ccc(C(=O)N/N=C\C=C\c2ccccc2[N+](=O)[O-])cc1. The highest BCUT2D eigenvalue weighted by Crippen LogP contribution is 2.18. The van der Waals surface area contributed by atoms with Crippen molar-refractivity contribution in [1.82, 2.24) is 5.43 Å². The fraction of sp³-hybridized carbons (Fsp3) is 0.0588. The number of nitrogens with zero attached hydrogens (tertiary/aromatic N) is 2. The van der Waals surface area contributed by atoms with Crippen LogP contribution in [-0.2, 0) is 0 Å². The predicted octanol–water partition coefficient (Wildman–Crippen LogP) is 3.33. The van der Waals surface area contributed by atoms with Gasteiger partial charge in [0, 0.05) is 17.8 Å². The lowest BCUT2D eigenvalue weighted by Crippen LogP contribution is -2.17. The Bertz CT molecular complexity index is 765. The van der Waals surface area contributed by atoms with Crippen molar-refractivity contribution < 1.29 is 9.72 Å². The van der Waals surface area contributed by atoms with Gasteiger partial charge in [0.15, 0.2) is 0 Å². The maximum Gasteiger partial charge on any atom is 0.276 e. The summed E-state index contributed by atoms with van der Waals surface area (Å²) in [7, 11) is 0. The number of aryl methyl sites for hydroxylation is 1. The highest BCUT2D eigenvalue weighted by atomic mass is 16.6. The third-order valence-electron chi connectivity index (χ3n) is 3.05. The number of benzene rings is 2. The fourth-order valence-electron chi connectivity index (χ4n) is 1.85. The Morgan fingerprint density at radius 1 is 1.17 bits per heavy atom. The Kier molecular flexibility index (Phi) is 5.35. The molecular weight excluding hydrogens is 294 g/mol. The van der Waals surface area contributed by atoms with E-state index in [9.17, 15) is 14.9 Å². The first kappa shape index (κ1) is 16.1. The maximum absolute atomic E-state index is 11.8. The molecule has 23 heavy (non-hydrogen) atoms. The first-order chi connectivity index (χ1) is 11.1. The van der Waals surface area contributed by atoms with Crippen molar-refractivity contribution in [1.29, 1.82) is 0 Å². The zero-order valence-electron chi connectivity index (χ0n) is 12.5. The molecule has 0 aliphatic carbocycles. The van der Waals surface area contributed by atoms with Crippen molar-refractivity contribution in [3.8, 4) is 0 Å². The summed E-state index contributed by atoms with van der Waals surface area (Å²) in [5.74, 6) is -0.319. The number of carbonyl (C=O) groups is 1. The number of rotatable bonds is 5. The molecule has 2 rings (SSSR count). The summed E-state index contributed by atoms with van der Waals surface area (Å²) in [6, 6.07) is 13.5. The number of nitro benzene ring substituents is 1. The van der Waals surface area contributed by atoms with Gasteiger partial charge in [0.25, 0.3) is 11.6 Å². The summed E-state index contributed by atoms with van der Waals surface area (Å²) in [6.07, 6.45) is 4.44. The van der Waals surface area contributed by atoms with Crippen LogP contribution in [0.5, 0.6) is 0 Å². The summed E-state index contributed by atoms with van der Waals surface area (Å²) in [4.78, 5) is 22.2. The maximum atomic E-state index is 11.8. The van der Waals surface area contributed by atoms with E-state index in [1.54, 1.807) is 36.4 Å². The Labute approximate surface area is 133 Å². The zero-order chi connectivity index (χ0) is 16.7. The van der Waals surface area contributed by atoms with E-state index in [-0.39, 0.29) is 11.6 Å². The van der Waals surface area contributed by atoms with Crippen molar-refractivity contribution in [2.45, 2.75) is 6.92 Å². The molecule has 0 saturated carbocycles. The number of allylic oxidation sites excluding steroid dienone is 1. The van der Waals surface area contributed by atoms with E-state index in [0.717, 1.165) is 5.56 Å². The molecule has 0 radical (unpaired) electrons. The van der Waals surface area contributed by atoms with Crippen LogP contribution in [0, 0.1) is 17.0 Å². The van der Waals surface area contributed by atoms with Crippen LogP contribution < -0.4 is 5.43 Å². The van der Waals surface area contributed by atoms with E-state index in [4.69, 9.17) is 0 Å². The molecule has 0 fully saturated rings. The topological polar surface area (TPSA) is 84.6 Å². The van der Waals surface area contributed by atoms with Gasteiger partial charge in [0.05, 0.1) is 10.5 Å². The summed E-state index contributed by atoms with van der Waals surface area (Å²) < 4.78 is 0. The smallest absolute Gasteiger partial charge is 0.267 e. The molecule has 0 aliphatic rings. The minimum atomic E-state index is -0.448. The largest absolute Gasteiger partial charge is 0.276 e. The molecule has 0 spiro atoms. The number of hydrogen-bond acceptors (Lipinski definition) is 4. The second-order valence-electron chi connectivity index (χ2n) is 4.76. The molecule has 1 N–H and O–H groups in total. The molecular formula is C17H15N3O3. The summed E-state index contributed by atoms with van der Waals surface area (Å²) in [5.41, 5.74) is 4.45. The lowest BCUT2D eigenvalue weighted by molar-refractivity contribution is -0.385. The van der Waals surface area contributed by atoms with Gasteiger partial charge in [-0.05, 0) is 37.3 Å². The lowest BCUT2D eigenvalue weighted by atomic mass is 10.1. The molecule has 0 aromatic heterocycles. The second-order valence-corrected chi connectivity index (χ2v) is 4.76. The third kappa shape index (κ3) is 4.60. The third-order valence-corrected chi connectivity index (χ3v) is 3.05. The molecule has 0 aliphatic heterocycles. The molecule has 0 bridgehead atoms. The van der Waals surface area contributed by atoms with Gasteiger partial charge >= 0.3 is 0 Å². The first-order valence-electron chi connectivity index (χ1n) is 6.88. The van der Waals surface area contributed by atoms with Gasteiger partial charge in [0.1, 0.15) is 0 Å². The van der Waals surface area contributed by atoms with Crippen LogP contribution >= 0.6 is 0 Å². The van der Waals surface area contributed by atoms with Gasteiger partial charge in [-0.3, -0.25) is 14.9 Å². The summed E-state index contributed by atoms with van der Waals surface area (Å²) >= 11 is 0. The summed E-state index contributed by atoms with van der Waals surface area (Å²) in [5, 5.41) is 14.6. The number of carbonyl (C=O) groups excluding carboxylic acids is 1. The standard InChI is InChI=1S/C17H15N3O3/c1-13-8-10-15(11-9-13)17(21)19-18-12-4-6-14-5-2-3-7-16(14)20(22)23/h2-12H,1H3,(H,19,21)/b6-4+,18-12-. The Morgan fingerprint density at radius 2 is 1.87 bits per heavy atom. The molecule has 2 aromatic rings. The average molecular weight is 309 g/mol. The summed E-state index contributed by atoms with van der Waals surface area (Å²) in [6.45, 7) is 1.94. The van der Waals surface area contributed by atoms with Gasteiger partial charge in [0.2, 0.25) is 0 Å². The van der Waals surface area contributed by atoms with Crippen LogP contribution in [0.3, 0.4) is 0 Å². The number of hydrogen-bond donors (Lipinski definition) is 1. The van der Waals surface area contributed by atoms with E-state index in [1.165, 1.54) is 18.4 Å². The molecule has 116 valence electrons. The van der Waals surface area contributed by atoms with Crippen molar-refractivity contribution in [3.05, 3.63) is 81.4 Å². The Balaban J connectivity index is 1.95. The van der Waals surface area contributed by atoms with Crippen molar-refractivity contribution >= 4 is 23.9 Å². The van der Waals surface area contributed by atoms with E-state index >= 15 is 0 Å². The lowest BCUT2D eigenvalue weighted by Gasteiger charge is -1.99. The average Bonchev–Trinajstić information content (AvgIpc) is 2.55. The van der Waals surface area contributed by atoms with Crippen LogP contribution in [-0.4, -0.2) is 17.0 Å². The number of hydrazone groups is 1. The Hall–Kier alpha value is -3.28. The van der Waals surface area contributed by atoms with Gasteiger partial charge in [-0.2, -0.15) is 5.10 Å². The Morgan fingerprint density at radius 3 is 2.57 bits per heavy atom. The van der Waals surface area contributed by atoms with Crippen LogP contribution in [0.4, 0.5) is 5.69 Å². The monoisotopic (exact) mass is 309 g/mol. The molecule has 0 unspecified atom stereocenters. The van der Waals surface area contributed by atoms with E-state index in [1.807, 2.05) is 19.1 Å². The van der Waals surface area contributed by atoms with Crippen LogP contribution in [0.15, 0.2) is 59.7 Å². The van der Waals surface area contributed by atoms with E-state index in [0.29, 0.717) is 11.1 Å². The molecule has 0 saturated heterocycles. The van der Waals surface area contributed by atoms with Crippen molar-refractivity contribution in [2.24, 2.45) is 5.10 Å².